The largest absolute Gasteiger partial charge is 0.493 e. The van der Waals surface area contributed by atoms with Crippen LogP contribution in [-0.4, -0.2) is 37.0 Å². The first-order chi connectivity index (χ1) is 11.9. The highest BCUT2D eigenvalue weighted by molar-refractivity contribution is 5.94. The molecule has 2 rings (SSSR count). The molecule has 2 aromatic carbocycles. The van der Waals surface area contributed by atoms with Crippen LogP contribution in [0.2, 0.25) is 0 Å². The maximum Gasteiger partial charge on any atom is 0.269 e. The Morgan fingerprint density at radius 2 is 1.68 bits per heavy atom. The van der Waals surface area contributed by atoms with E-state index in [2.05, 4.69) is 0 Å². The number of nitro groups is 1. The SMILES string of the molecule is COc1ccc([C@H](C)N(C)C(=O)c2ccc([N+](=O)[O-])cc2)cc1OC. The highest BCUT2D eigenvalue weighted by Gasteiger charge is 2.21. The number of nitro benzene ring substituents is 1. The topological polar surface area (TPSA) is 81.9 Å². The zero-order valence-electron chi connectivity index (χ0n) is 14.6. The minimum atomic E-state index is -0.496. The Bertz CT molecular complexity index is 774. The monoisotopic (exact) mass is 344 g/mol. The summed E-state index contributed by atoms with van der Waals surface area (Å²) in [6, 6.07) is 10.8. The van der Waals surface area contributed by atoms with Crippen molar-refractivity contribution in [2.24, 2.45) is 0 Å². The van der Waals surface area contributed by atoms with Crippen molar-refractivity contribution in [1.82, 2.24) is 4.90 Å². The number of amides is 1. The molecule has 0 radical (unpaired) electrons. The molecule has 0 bridgehead atoms. The summed E-state index contributed by atoms with van der Waals surface area (Å²) in [6.07, 6.45) is 0. The van der Waals surface area contributed by atoms with Crippen molar-refractivity contribution in [2.75, 3.05) is 21.3 Å². The Morgan fingerprint density at radius 1 is 1.08 bits per heavy atom. The van der Waals surface area contributed by atoms with Gasteiger partial charge in [0, 0.05) is 24.7 Å². The van der Waals surface area contributed by atoms with Crippen molar-refractivity contribution in [3.05, 3.63) is 63.7 Å². The minimum absolute atomic E-state index is 0.0489. The third-order valence-electron chi connectivity index (χ3n) is 4.12. The van der Waals surface area contributed by atoms with Gasteiger partial charge in [0.1, 0.15) is 0 Å². The Kier molecular flexibility index (Phi) is 5.59. The number of nitrogens with zero attached hydrogens (tertiary/aromatic N) is 2. The molecule has 7 heteroatoms. The average Bonchev–Trinajstić information content (AvgIpc) is 2.65. The molecule has 0 spiro atoms. The van der Waals surface area contributed by atoms with Gasteiger partial charge >= 0.3 is 0 Å². The Morgan fingerprint density at radius 3 is 2.20 bits per heavy atom. The zero-order valence-corrected chi connectivity index (χ0v) is 14.6. The van der Waals surface area contributed by atoms with E-state index in [4.69, 9.17) is 9.47 Å². The number of hydrogen-bond acceptors (Lipinski definition) is 5. The second kappa shape index (κ2) is 7.65. The molecule has 1 amide bonds. The predicted octanol–water partition coefficient (Wildman–Crippen LogP) is 3.45. The van der Waals surface area contributed by atoms with Gasteiger partial charge in [-0.05, 0) is 36.8 Å². The summed E-state index contributed by atoms with van der Waals surface area (Å²) in [5, 5.41) is 10.7. The molecular formula is C18H20N2O5. The third kappa shape index (κ3) is 3.88. The summed E-state index contributed by atoms with van der Waals surface area (Å²) in [5.41, 5.74) is 1.22. The molecule has 0 saturated heterocycles. The average molecular weight is 344 g/mol. The van der Waals surface area contributed by atoms with E-state index in [0.717, 1.165) is 5.56 Å². The first kappa shape index (κ1) is 18.3. The lowest BCUT2D eigenvalue weighted by Gasteiger charge is -2.26. The van der Waals surface area contributed by atoms with Crippen LogP contribution in [0.25, 0.3) is 0 Å². The Labute approximate surface area is 145 Å². The fourth-order valence-corrected chi connectivity index (χ4v) is 2.44. The van der Waals surface area contributed by atoms with Crippen LogP contribution in [0.1, 0.15) is 28.9 Å². The van der Waals surface area contributed by atoms with Crippen molar-refractivity contribution in [2.45, 2.75) is 13.0 Å². The zero-order chi connectivity index (χ0) is 18.6. The molecule has 0 unspecified atom stereocenters. The van der Waals surface area contributed by atoms with E-state index in [1.54, 1.807) is 32.2 Å². The maximum absolute atomic E-state index is 12.6. The van der Waals surface area contributed by atoms with Crippen molar-refractivity contribution in [1.29, 1.82) is 0 Å². The molecule has 0 aliphatic carbocycles. The van der Waals surface area contributed by atoms with Crippen LogP contribution >= 0.6 is 0 Å². The molecule has 0 heterocycles. The lowest BCUT2D eigenvalue weighted by Crippen LogP contribution is -2.29. The highest BCUT2D eigenvalue weighted by atomic mass is 16.6. The van der Waals surface area contributed by atoms with Crippen LogP contribution in [0.5, 0.6) is 11.5 Å². The number of methoxy groups -OCH3 is 2. The molecule has 1 atom stereocenters. The van der Waals surface area contributed by atoms with Gasteiger partial charge in [0.2, 0.25) is 0 Å². The maximum atomic E-state index is 12.6. The van der Waals surface area contributed by atoms with E-state index >= 15 is 0 Å². The number of rotatable bonds is 6. The van der Waals surface area contributed by atoms with Crippen LogP contribution in [0.15, 0.2) is 42.5 Å². The van der Waals surface area contributed by atoms with E-state index < -0.39 is 4.92 Å². The molecule has 0 aliphatic rings. The van der Waals surface area contributed by atoms with Gasteiger partial charge in [0.15, 0.2) is 11.5 Å². The smallest absolute Gasteiger partial charge is 0.269 e. The predicted molar refractivity (Wildman–Crippen MR) is 93.2 cm³/mol. The van der Waals surface area contributed by atoms with Gasteiger partial charge < -0.3 is 14.4 Å². The standard InChI is InChI=1S/C18H20N2O5/c1-12(14-7-10-16(24-3)17(11-14)25-4)19(2)18(21)13-5-8-15(9-6-13)20(22)23/h5-12H,1-4H3/t12-/m0/s1. The van der Waals surface area contributed by atoms with Gasteiger partial charge in [-0.15, -0.1) is 0 Å². The normalized spacial score (nSPS) is 11.5. The van der Waals surface area contributed by atoms with Crippen molar-refractivity contribution in [3.63, 3.8) is 0 Å². The van der Waals surface area contributed by atoms with Crippen LogP contribution in [0, 0.1) is 10.1 Å². The van der Waals surface area contributed by atoms with E-state index in [0.29, 0.717) is 17.1 Å². The van der Waals surface area contributed by atoms with E-state index in [-0.39, 0.29) is 17.6 Å². The number of carbonyl (C=O) groups is 1. The van der Waals surface area contributed by atoms with E-state index in [9.17, 15) is 14.9 Å². The molecule has 0 aliphatic heterocycles. The first-order valence-corrected chi connectivity index (χ1v) is 7.62. The number of ether oxygens (including phenoxy) is 2. The van der Waals surface area contributed by atoms with E-state index in [1.165, 1.54) is 24.3 Å². The summed E-state index contributed by atoms with van der Waals surface area (Å²) in [7, 11) is 4.80. The summed E-state index contributed by atoms with van der Waals surface area (Å²) >= 11 is 0. The summed E-state index contributed by atoms with van der Waals surface area (Å²) in [5.74, 6) is 0.975. The summed E-state index contributed by atoms with van der Waals surface area (Å²) in [4.78, 5) is 24.4. The fourth-order valence-electron chi connectivity index (χ4n) is 2.44. The Balaban J connectivity index is 2.22. The van der Waals surface area contributed by atoms with Gasteiger partial charge in [-0.3, -0.25) is 14.9 Å². The van der Waals surface area contributed by atoms with Gasteiger partial charge in [-0.1, -0.05) is 6.07 Å². The van der Waals surface area contributed by atoms with Crippen LogP contribution < -0.4 is 9.47 Å². The van der Waals surface area contributed by atoms with Crippen LogP contribution in [0.4, 0.5) is 5.69 Å². The van der Waals surface area contributed by atoms with Gasteiger partial charge in [-0.2, -0.15) is 0 Å². The quantitative estimate of drug-likeness (QED) is 0.592. The van der Waals surface area contributed by atoms with Crippen LogP contribution in [-0.2, 0) is 0 Å². The number of non-ortho nitro benzene ring substituents is 1. The van der Waals surface area contributed by atoms with Crippen molar-refractivity contribution in [3.8, 4) is 11.5 Å². The molecule has 0 aromatic heterocycles. The lowest BCUT2D eigenvalue weighted by molar-refractivity contribution is -0.384. The second-order valence-electron chi connectivity index (χ2n) is 5.51. The summed E-state index contributed by atoms with van der Waals surface area (Å²) < 4.78 is 10.5. The Hall–Kier alpha value is -3.09. The molecular weight excluding hydrogens is 324 g/mol. The molecule has 0 N–H and O–H groups in total. The van der Waals surface area contributed by atoms with Gasteiger partial charge in [-0.25, -0.2) is 0 Å². The molecule has 2 aromatic rings. The molecule has 0 saturated carbocycles. The van der Waals surface area contributed by atoms with Crippen LogP contribution in [0.3, 0.4) is 0 Å². The number of benzene rings is 2. The van der Waals surface area contributed by atoms with E-state index in [1.807, 2.05) is 19.1 Å². The molecule has 25 heavy (non-hydrogen) atoms. The minimum Gasteiger partial charge on any atom is -0.493 e. The second-order valence-corrected chi connectivity index (χ2v) is 5.51. The number of hydrogen-bond donors (Lipinski definition) is 0. The van der Waals surface area contributed by atoms with Gasteiger partial charge in [0.05, 0.1) is 25.2 Å². The molecule has 7 nitrogen and oxygen atoms in total. The number of carbonyl (C=O) groups excluding carboxylic acids is 1. The van der Waals surface area contributed by atoms with Gasteiger partial charge in [0.25, 0.3) is 11.6 Å². The molecule has 132 valence electrons. The van der Waals surface area contributed by atoms with Crippen molar-refractivity contribution < 1.29 is 19.2 Å². The first-order valence-electron chi connectivity index (χ1n) is 7.62. The fraction of sp³-hybridized carbons (Fsp3) is 0.278. The molecule has 0 fully saturated rings. The highest BCUT2D eigenvalue weighted by Crippen LogP contribution is 2.31. The third-order valence-corrected chi connectivity index (χ3v) is 4.12. The summed E-state index contributed by atoms with van der Waals surface area (Å²) in [6.45, 7) is 1.89. The lowest BCUT2D eigenvalue weighted by atomic mass is 10.1. The van der Waals surface area contributed by atoms with Crippen molar-refractivity contribution >= 4 is 11.6 Å².